The van der Waals surface area contributed by atoms with Crippen molar-refractivity contribution in [1.82, 2.24) is 0 Å². The van der Waals surface area contributed by atoms with E-state index < -0.39 is 0 Å². The van der Waals surface area contributed by atoms with Crippen molar-refractivity contribution in [3.05, 3.63) is 96.3 Å². The van der Waals surface area contributed by atoms with Crippen LogP contribution >= 0.6 is 0 Å². The minimum absolute atomic E-state index is 0.0188. The molecule has 0 aromatic heterocycles. The Labute approximate surface area is 150 Å². The number of ether oxygens (including phenoxy) is 1. The summed E-state index contributed by atoms with van der Waals surface area (Å²) >= 11 is 0. The van der Waals surface area contributed by atoms with Crippen molar-refractivity contribution >= 4 is 17.4 Å². The molecule has 0 heterocycles. The second-order valence-corrected chi connectivity index (χ2v) is 5.86. The second-order valence-electron chi connectivity index (χ2n) is 5.86. The predicted molar refractivity (Wildman–Crippen MR) is 100 cm³/mol. The number of carbonyl (C=O) groups is 2. The molecule has 26 heavy (non-hydrogen) atoms. The number of fused-ring (bicyclic) bond motifs is 3. The number of para-hydroxylation sites is 1. The third kappa shape index (κ3) is 3.00. The molecule has 4 nitrogen and oxygen atoms in total. The summed E-state index contributed by atoms with van der Waals surface area (Å²) < 4.78 is 5.35. The number of amides is 1. The molecule has 0 fully saturated rings. The molecule has 4 heteroatoms. The maximum Gasteiger partial charge on any atom is 0.251 e. The smallest absolute Gasteiger partial charge is 0.251 e. The molecule has 0 bridgehead atoms. The van der Waals surface area contributed by atoms with E-state index in [9.17, 15) is 9.59 Å². The van der Waals surface area contributed by atoms with Crippen LogP contribution in [0.25, 0.3) is 11.1 Å². The third-order valence-corrected chi connectivity index (χ3v) is 4.16. The van der Waals surface area contributed by atoms with Gasteiger partial charge in [-0.05, 0) is 35.4 Å². The van der Waals surface area contributed by atoms with E-state index in [4.69, 9.17) is 4.74 Å². The number of ketones is 1. The van der Waals surface area contributed by atoms with Gasteiger partial charge in [0.2, 0.25) is 0 Å². The van der Waals surface area contributed by atoms with Gasteiger partial charge in [-0.1, -0.05) is 48.5 Å². The number of hydrogen-bond donors (Lipinski definition) is 1. The molecule has 1 N–H and O–H groups in total. The van der Waals surface area contributed by atoms with Crippen molar-refractivity contribution in [2.24, 2.45) is 0 Å². The van der Waals surface area contributed by atoms with Crippen LogP contribution in [-0.4, -0.2) is 11.7 Å². The molecule has 1 aliphatic carbocycles. The summed E-state index contributed by atoms with van der Waals surface area (Å²) in [5, 5.41) is 2.75. The third-order valence-electron chi connectivity index (χ3n) is 4.16. The first-order valence-electron chi connectivity index (χ1n) is 8.20. The largest absolute Gasteiger partial charge is 0.465 e. The maximum atomic E-state index is 12.5. The Kier molecular flexibility index (Phi) is 4.07. The molecule has 0 spiro atoms. The highest BCUT2D eigenvalue weighted by atomic mass is 16.5. The highest BCUT2D eigenvalue weighted by Gasteiger charge is 2.26. The summed E-state index contributed by atoms with van der Waals surface area (Å²) in [7, 11) is 0. The fraction of sp³-hybridized carbons (Fsp3) is 0. The van der Waals surface area contributed by atoms with Gasteiger partial charge in [0.25, 0.3) is 5.91 Å². The van der Waals surface area contributed by atoms with Crippen LogP contribution in [0.1, 0.15) is 15.9 Å². The Morgan fingerprint density at radius 2 is 1.50 bits per heavy atom. The summed E-state index contributed by atoms with van der Waals surface area (Å²) in [6.07, 6.45) is 2.63. The van der Waals surface area contributed by atoms with E-state index in [0.717, 1.165) is 11.1 Å². The fourth-order valence-electron chi connectivity index (χ4n) is 2.96. The van der Waals surface area contributed by atoms with Gasteiger partial charge in [0.1, 0.15) is 5.75 Å². The van der Waals surface area contributed by atoms with Crippen LogP contribution in [0.5, 0.6) is 5.75 Å². The van der Waals surface area contributed by atoms with Crippen LogP contribution in [0.2, 0.25) is 0 Å². The van der Waals surface area contributed by atoms with Crippen LogP contribution in [-0.2, 0) is 4.79 Å². The second kappa shape index (κ2) is 6.69. The summed E-state index contributed by atoms with van der Waals surface area (Å²) in [4.78, 5) is 24.5. The van der Waals surface area contributed by atoms with E-state index in [1.54, 1.807) is 24.3 Å². The van der Waals surface area contributed by atoms with Crippen LogP contribution in [0.4, 0.5) is 5.69 Å². The summed E-state index contributed by atoms with van der Waals surface area (Å²) in [5.74, 6) is 0.302. The minimum atomic E-state index is -0.330. The van der Waals surface area contributed by atoms with E-state index >= 15 is 0 Å². The maximum absolute atomic E-state index is 12.5. The van der Waals surface area contributed by atoms with Gasteiger partial charge in [0.15, 0.2) is 5.78 Å². The number of nitrogens with one attached hydrogen (secondary N) is 1. The van der Waals surface area contributed by atoms with E-state index in [1.807, 2.05) is 48.5 Å². The average molecular weight is 341 g/mol. The van der Waals surface area contributed by atoms with E-state index in [-0.39, 0.29) is 11.7 Å². The average Bonchev–Trinajstić information content (AvgIpc) is 2.95. The molecule has 1 amide bonds. The molecule has 0 saturated heterocycles. The Bertz CT molecular complexity index is 1020. The highest BCUT2D eigenvalue weighted by molar-refractivity contribution is 6.22. The van der Waals surface area contributed by atoms with Gasteiger partial charge in [-0.3, -0.25) is 9.59 Å². The molecule has 0 saturated carbocycles. The fourth-order valence-corrected chi connectivity index (χ4v) is 2.96. The molecule has 3 aromatic rings. The van der Waals surface area contributed by atoms with Crippen molar-refractivity contribution in [2.45, 2.75) is 0 Å². The Morgan fingerprint density at radius 3 is 2.31 bits per heavy atom. The van der Waals surface area contributed by atoms with Crippen LogP contribution in [0.3, 0.4) is 0 Å². The first-order valence-corrected chi connectivity index (χ1v) is 8.20. The molecule has 126 valence electrons. The van der Waals surface area contributed by atoms with Gasteiger partial charge >= 0.3 is 0 Å². The van der Waals surface area contributed by atoms with Crippen LogP contribution in [0, 0.1) is 0 Å². The van der Waals surface area contributed by atoms with Gasteiger partial charge in [-0.15, -0.1) is 0 Å². The number of benzene rings is 3. The molecule has 3 aromatic carbocycles. The molecular formula is C22H15NO3. The number of hydrogen-bond acceptors (Lipinski definition) is 3. The monoisotopic (exact) mass is 341 g/mol. The first kappa shape index (κ1) is 15.8. The summed E-state index contributed by atoms with van der Waals surface area (Å²) in [6, 6.07) is 22.1. The van der Waals surface area contributed by atoms with Crippen molar-refractivity contribution in [2.75, 3.05) is 5.32 Å². The van der Waals surface area contributed by atoms with Crippen LogP contribution < -0.4 is 10.1 Å². The lowest BCUT2D eigenvalue weighted by molar-refractivity contribution is -0.112. The minimum Gasteiger partial charge on any atom is -0.465 e. The number of rotatable bonds is 4. The van der Waals surface area contributed by atoms with Crippen molar-refractivity contribution in [1.29, 1.82) is 0 Å². The zero-order valence-electron chi connectivity index (χ0n) is 13.8. The lowest BCUT2D eigenvalue weighted by Crippen LogP contribution is -2.09. The predicted octanol–water partition coefficient (Wildman–Crippen LogP) is 4.43. The standard InChI is InChI=1S/C22H15NO3/c24-21(12-13-26-16-6-2-1-3-7-16)23-15-10-11-18-17-8-4-5-9-19(17)22(25)20(18)14-15/h1-14H,(H,23,24). The lowest BCUT2D eigenvalue weighted by Gasteiger charge is -2.05. The molecule has 0 atom stereocenters. The zero-order chi connectivity index (χ0) is 17.9. The zero-order valence-corrected chi connectivity index (χ0v) is 13.8. The SMILES string of the molecule is O=C(C=COc1ccccc1)Nc1ccc2c(c1)C(=O)c1ccccc1-2. The molecule has 0 radical (unpaired) electrons. The van der Waals surface area contributed by atoms with Gasteiger partial charge in [0.05, 0.1) is 6.26 Å². The molecule has 4 rings (SSSR count). The highest BCUT2D eigenvalue weighted by Crippen LogP contribution is 2.37. The molecule has 1 aliphatic rings. The lowest BCUT2D eigenvalue weighted by atomic mass is 10.1. The summed E-state index contributed by atoms with van der Waals surface area (Å²) in [5.41, 5.74) is 3.70. The van der Waals surface area contributed by atoms with Crippen molar-refractivity contribution in [3.63, 3.8) is 0 Å². The molecule has 0 aliphatic heterocycles. The molecule has 0 unspecified atom stereocenters. The van der Waals surface area contributed by atoms with Gasteiger partial charge in [-0.25, -0.2) is 0 Å². The van der Waals surface area contributed by atoms with E-state index in [0.29, 0.717) is 22.6 Å². The topological polar surface area (TPSA) is 55.4 Å². The quantitative estimate of drug-likeness (QED) is 0.441. The van der Waals surface area contributed by atoms with Gasteiger partial charge < -0.3 is 10.1 Å². The Morgan fingerprint density at radius 1 is 0.808 bits per heavy atom. The molecular weight excluding hydrogens is 326 g/mol. The van der Waals surface area contributed by atoms with Crippen LogP contribution in [0.15, 0.2) is 85.1 Å². The number of carbonyl (C=O) groups excluding carboxylic acids is 2. The Hall–Kier alpha value is -3.66. The van der Waals surface area contributed by atoms with Crippen molar-refractivity contribution < 1.29 is 14.3 Å². The van der Waals surface area contributed by atoms with Gasteiger partial charge in [-0.2, -0.15) is 0 Å². The van der Waals surface area contributed by atoms with Gasteiger partial charge in [0, 0.05) is 22.9 Å². The Balaban J connectivity index is 1.47. The van der Waals surface area contributed by atoms with E-state index in [1.165, 1.54) is 12.3 Å². The normalized spacial score (nSPS) is 11.9. The number of anilines is 1. The van der Waals surface area contributed by atoms with E-state index in [2.05, 4.69) is 5.32 Å². The summed E-state index contributed by atoms with van der Waals surface area (Å²) in [6.45, 7) is 0. The van der Waals surface area contributed by atoms with Crippen molar-refractivity contribution in [3.8, 4) is 16.9 Å². The first-order chi connectivity index (χ1) is 12.7.